The fourth-order valence-corrected chi connectivity index (χ4v) is 3.88. The molecule has 0 unspecified atom stereocenters. The van der Waals surface area contributed by atoms with Crippen LogP contribution >= 0.6 is 24.0 Å². The van der Waals surface area contributed by atoms with Crippen LogP contribution < -0.4 is 11.1 Å². The minimum absolute atomic E-state index is 0. The number of nitrogens with two attached hydrogens (primary N) is 1. The average molecular weight is 521 g/mol. The zero-order chi connectivity index (χ0) is 19.9. The molecule has 29 heavy (non-hydrogen) atoms. The second-order valence-corrected chi connectivity index (χ2v) is 7.52. The molecule has 9 heteroatoms. The number of aliphatic imine (C=N–C) groups is 1. The first-order valence-electron chi connectivity index (χ1n) is 10.1. The zero-order valence-electron chi connectivity index (χ0n) is 16.6. The predicted octanol–water partition coefficient (Wildman–Crippen LogP) is 3.03. The third-order valence-electron chi connectivity index (χ3n) is 5.53. The number of nitrogens with one attached hydrogen (secondary N) is 1. The number of anilines is 1. The first-order chi connectivity index (χ1) is 13.5. The smallest absolute Gasteiger partial charge is 0.225 e. The molecule has 1 heterocycles. The number of hydrogen-bond acceptors (Lipinski definition) is 3. The maximum Gasteiger partial charge on any atom is 0.225 e. The number of piperazine rings is 1. The summed E-state index contributed by atoms with van der Waals surface area (Å²) in [7, 11) is 0. The van der Waals surface area contributed by atoms with Crippen molar-refractivity contribution < 1.29 is 13.6 Å². The Kier molecular flexibility index (Phi) is 9.54. The van der Waals surface area contributed by atoms with Crippen molar-refractivity contribution in [2.45, 2.75) is 32.1 Å². The van der Waals surface area contributed by atoms with Crippen LogP contribution in [-0.4, -0.2) is 60.9 Å². The summed E-state index contributed by atoms with van der Waals surface area (Å²) in [6, 6.07) is 3.13. The molecule has 3 rings (SSSR count). The predicted molar refractivity (Wildman–Crippen MR) is 121 cm³/mol. The molecule has 0 aromatic heterocycles. The van der Waals surface area contributed by atoms with E-state index in [0.29, 0.717) is 19.0 Å². The minimum atomic E-state index is -0.585. The Hall–Kier alpha value is -1.49. The van der Waals surface area contributed by atoms with Crippen LogP contribution in [0.15, 0.2) is 23.2 Å². The van der Waals surface area contributed by atoms with Crippen molar-refractivity contribution >= 4 is 41.5 Å². The first-order valence-corrected chi connectivity index (χ1v) is 10.1. The van der Waals surface area contributed by atoms with Crippen molar-refractivity contribution in [1.82, 2.24) is 9.80 Å². The average Bonchev–Trinajstić information content (AvgIpc) is 2.71. The molecule has 1 saturated heterocycles. The molecule has 3 N–H and O–H groups in total. The molecule has 6 nitrogen and oxygen atoms in total. The van der Waals surface area contributed by atoms with Gasteiger partial charge in [0.05, 0.1) is 12.2 Å². The molecule has 1 aromatic carbocycles. The summed E-state index contributed by atoms with van der Waals surface area (Å²) >= 11 is 0. The van der Waals surface area contributed by atoms with Gasteiger partial charge >= 0.3 is 0 Å². The highest BCUT2D eigenvalue weighted by atomic mass is 127. The normalized spacial score (nSPS) is 19.0. The van der Waals surface area contributed by atoms with Gasteiger partial charge in [0.2, 0.25) is 5.91 Å². The second-order valence-electron chi connectivity index (χ2n) is 7.52. The summed E-state index contributed by atoms with van der Waals surface area (Å²) in [5.41, 5.74) is 5.73. The lowest BCUT2D eigenvalue weighted by atomic mass is 9.88. The molecular weight excluding hydrogens is 491 g/mol. The van der Waals surface area contributed by atoms with Crippen LogP contribution in [0.5, 0.6) is 0 Å². The van der Waals surface area contributed by atoms with Crippen LogP contribution in [0.3, 0.4) is 0 Å². The van der Waals surface area contributed by atoms with Gasteiger partial charge in [-0.1, -0.05) is 19.3 Å². The van der Waals surface area contributed by atoms with E-state index < -0.39 is 11.6 Å². The molecule has 1 aliphatic carbocycles. The van der Waals surface area contributed by atoms with Gasteiger partial charge in [-0.05, 0) is 25.0 Å². The van der Waals surface area contributed by atoms with Gasteiger partial charge in [-0.2, -0.15) is 0 Å². The maximum atomic E-state index is 13.6. The number of nitrogens with zero attached hydrogens (tertiary/aromatic N) is 3. The van der Waals surface area contributed by atoms with Gasteiger partial charge in [0, 0.05) is 44.7 Å². The van der Waals surface area contributed by atoms with E-state index in [1.165, 1.54) is 19.3 Å². The zero-order valence-corrected chi connectivity index (χ0v) is 18.9. The standard InChI is InChI=1S/C20H29F2N5O.HI/c21-16-6-7-17(22)18(14-16)25-20(23)24-8-9-26-10-12-27(13-11-26)19(28)15-4-2-1-3-5-15;/h6-7,14-15H,1-5,8-13H2,(H3,23,24,25);1H. The number of halogens is 3. The number of guanidine groups is 1. The Bertz CT molecular complexity index is 704. The van der Waals surface area contributed by atoms with Gasteiger partial charge in [-0.25, -0.2) is 8.78 Å². The lowest BCUT2D eigenvalue weighted by Gasteiger charge is -2.37. The maximum absolute atomic E-state index is 13.6. The van der Waals surface area contributed by atoms with Gasteiger partial charge in [0.15, 0.2) is 5.96 Å². The van der Waals surface area contributed by atoms with E-state index in [4.69, 9.17) is 5.73 Å². The molecular formula is C20H30F2IN5O. The summed E-state index contributed by atoms with van der Waals surface area (Å²) in [5, 5.41) is 2.59. The minimum Gasteiger partial charge on any atom is -0.370 e. The van der Waals surface area contributed by atoms with Crippen LogP contribution in [0.25, 0.3) is 0 Å². The van der Waals surface area contributed by atoms with E-state index in [0.717, 1.165) is 57.2 Å². The highest BCUT2D eigenvalue weighted by molar-refractivity contribution is 14.0. The van der Waals surface area contributed by atoms with E-state index in [9.17, 15) is 13.6 Å². The van der Waals surface area contributed by atoms with Crippen molar-refractivity contribution in [3.8, 4) is 0 Å². The van der Waals surface area contributed by atoms with E-state index >= 15 is 0 Å². The molecule has 2 fully saturated rings. The Morgan fingerprint density at radius 2 is 1.83 bits per heavy atom. The van der Waals surface area contributed by atoms with Crippen LogP contribution in [0.4, 0.5) is 14.5 Å². The SMILES string of the molecule is I.NC(=NCCN1CCN(C(=O)C2CCCCC2)CC1)Nc1cc(F)ccc1F. The summed E-state index contributed by atoms with van der Waals surface area (Å²) in [6.45, 7) is 4.30. The highest BCUT2D eigenvalue weighted by Gasteiger charge is 2.28. The van der Waals surface area contributed by atoms with Crippen LogP contribution in [0.1, 0.15) is 32.1 Å². The van der Waals surface area contributed by atoms with Crippen LogP contribution in [0.2, 0.25) is 0 Å². The highest BCUT2D eigenvalue weighted by Crippen LogP contribution is 2.25. The Balaban J connectivity index is 0.00000300. The molecule has 0 bridgehead atoms. The van der Waals surface area contributed by atoms with Crippen LogP contribution in [-0.2, 0) is 4.79 Å². The Morgan fingerprint density at radius 3 is 2.52 bits per heavy atom. The van der Waals surface area contributed by atoms with Gasteiger partial charge in [-0.15, -0.1) is 24.0 Å². The second kappa shape index (κ2) is 11.6. The molecule has 0 radical (unpaired) electrons. The van der Waals surface area contributed by atoms with E-state index in [-0.39, 0.29) is 41.5 Å². The molecule has 162 valence electrons. The third-order valence-corrected chi connectivity index (χ3v) is 5.53. The Morgan fingerprint density at radius 1 is 1.14 bits per heavy atom. The van der Waals surface area contributed by atoms with Crippen molar-refractivity contribution in [1.29, 1.82) is 0 Å². The summed E-state index contributed by atoms with van der Waals surface area (Å²) in [5.74, 6) is -0.534. The topological polar surface area (TPSA) is 74.0 Å². The van der Waals surface area contributed by atoms with Crippen LogP contribution in [0, 0.1) is 17.6 Å². The van der Waals surface area contributed by atoms with Gasteiger partial charge in [0.25, 0.3) is 0 Å². The largest absolute Gasteiger partial charge is 0.370 e. The number of benzene rings is 1. The molecule has 0 atom stereocenters. The third kappa shape index (κ3) is 7.06. The summed E-state index contributed by atoms with van der Waals surface area (Å²) < 4.78 is 26.8. The lowest BCUT2D eigenvalue weighted by Crippen LogP contribution is -2.51. The number of carbonyl (C=O) groups excluding carboxylic acids is 1. The van der Waals surface area contributed by atoms with Gasteiger partial charge in [0.1, 0.15) is 11.6 Å². The van der Waals surface area contributed by atoms with E-state index in [1.54, 1.807) is 0 Å². The van der Waals surface area contributed by atoms with Crippen molar-refractivity contribution in [2.75, 3.05) is 44.6 Å². The fourth-order valence-electron chi connectivity index (χ4n) is 3.88. The fraction of sp³-hybridized carbons (Fsp3) is 0.600. The molecule has 0 spiro atoms. The molecule has 2 aliphatic rings. The summed E-state index contributed by atoms with van der Waals surface area (Å²) in [4.78, 5) is 21.0. The van der Waals surface area contributed by atoms with Gasteiger partial charge in [-0.3, -0.25) is 14.7 Å². The van der Waals surface area contributed by atoms with Crippen molar-refractivity contribution in [3.63, 3.8) is 0 Å². The van der Waals surface area contributed by atoms with Gasteiger partial charge < -0.3 is 16.0 Å². The number of hydrogen-bond donors (Lipinski definition) is 2. The lowest BCUT2D eigenvalue weighted by molar-refractivity contribution is -0.138. The monoisotopic (exact) mass is 521 g/mol. The van der Waals surface area contributed by atoms with E-state index in [2.05, 4.69) is 15.2 Å². The number of rotatable bonds is 5. The molecule has 1 saturated carbocycles. The number of carbonyl (C=O) groups is 1. The van der Waals surface area contributed by atoms with Crippen molar-refractivity contribution in [3.05, 3.63) is 29.8 Å². The van der Waals surface area contributed by atoms with E-state index in [1.807, 2.05) is 4.90 Å². The molecule has 1 amide bonds. The summed E-state index contributed by atoms with van der Waals surface area (Å²) in [6.07, 6.45) is 5.66. The van der Waals surface area contributed by atoms with Crippen molar-refractivity contribution in [2.24, 2.45) is 16.6 Å². The molecule has 1 aliphatic heterocycles. The number of amides is 1. The first kappa shape index (κ1) is 23.8. The Labute approximate surface area is 187 Å². The quantitative estimate of drug-likeness (QED) is 0.355. The molecule has 1 aromatic rings.